The Morgan fingerprint density at radius 2 is 1.78 bits per heavy atom. The van der Waals surface area contributed by atoms with Crippen LogP contribution in [0.3, 0.4) is 0 Å². The average molecular weight is 322 g/mol. The van der Waals surface area contributed by atoms with Gasteiger partial charge in [0.05, 0.1) is 13.0 Å². The number of carbonyl (C=O) groups excluding carboxylic acids is 3. The highest BCUT2D eigenvalue weighted by Crippen LogP contribution is 2.10. The lowest BCUT2D eigenvalue weighted by Gasteiger charge is -2.14. The molecule has 3 N–H and O–H groups in total. The van der Waals surface area contributed by atoms with E-state index in [1.54, 1.807) is 6.92 Å². The van der Waals surface area contributed by atoms with Gasteiger partial charge in [0, 0.05) is 18.2 Å². The molecule has 0 spiro atoms. The normalized spacial score (nSPS) is 11.2. The minimum atomic E-state index is -1.38. The zero-order valence-corrected chi connectivity index (χ0v) is 12.8. The minimum absolute atomic E-state index is 0.129. The summed E-state index contributed by atoms with van der Waals surface area (Å²) < 4.78 is 4.67. The molecule has 0 aromatic heterocycles. The van der Waals surface area contributed by atoms with Crippen molar-refractivity contribution in [2.45, 2.75) is 26.3 Å². The zero-order valence-electron chi connectivity index (χ0n) is 12.8. The molecule has 8 nitrogen and oxygen atoms in total. The van der Waals surface area contributed by atoms with E-state index in [2.05, 4.69) is 15.4 Å². The number of hydrogen-bond donors (Lipinski definition) is 3. The van der Waals surface area contributed by atoms with E-state index in [0.717, 1.165) is 0 Å². The van der Waals surface area contributed by atoms with Crippen molar-refractivity contribution in [2.24, 2.45) is 0 Å². The molecule has 1 rings (SSSR count). The summed E-state index contributed by atoms with van der Waals surface area (Å²) in [5, 5.41) is 13.9. The van der Waals surface area contributed by atoms with E-state index in [9.17, 15) is 19.2 Å². The molecule has 1 aromatic rings. The molecule has 1 aromatic carbocycles. The first-order valence-corrected chi connectivity index (χ1v) is 6.90. The monoisotopic (exact) mass is 322 g/mol. The highest BCUT2D eigenvalue weighted by atomic mass is 16.5. The third kappa shape index (κ3) is 6.16. The first-order valence-electron chi connectivity index (χ1n) is 6.90. The fourth-order valence-electron chi connectivity index (χ4n) is 1.74. The Bertz CT molecular complexity index is 596. The van der Waals surface area contributed by atoms with E-state index in [-0.39, 0.29) is 18.1 Å². The number of benzene rings is 1. The molecule has 0 radical (unpaired) electrons. The number of carbonyl (C=O) groups is 4. The first-order chi connectivity index (χ1) is 10.8. The van der Waals surface area contributed by atoms with Gasteiger partial charge in [0.1, 0.15) is 6.04 Å². The Labute approximate surface area is 132 Å². The fraction of sp³-hybridized carbons (Fsp3) is 0.333. The largest absolute Gasteiger partial charge is 0.480 e. The van der Waals surface area contributed by atoms with Crippen LogP contribution in [0.5, 0.6) is 0 Å². The predicted octanol–water partition coefficient (Wildman–Crippen LogP) is 0.781. The number of esters is 1. The maximum absolute atomic E-state index is 12.0. The van der Waals surface area contributed by atoms with Gasteiger partial charge in [-0.1, -0.05) is 0 Å². The number of aliphatic carboxylic acids is 1. The lowest BCUT2D eigenvalue weighted by Crippen LogP contribution is -2.42. The number of carboxylic acids is 1. The molecular weight excluding hydrogens is 304 g/mol. The van der Waals surface area contributed by atoms with Crippen molar-refractivity contribution in [2.75, 3.05) is 11.9 Å². The number of anilines is 1. The quantitative estimate of drug-likeness (QED) is 0.638. The smallest absolute Gasteiger partial charge is 0.326 e. The second kappa shape index (κ2) is 8.52. The van der Waals surface area contributed by atoms with Gasteiger partial charge in [0.15, 0.2) is 0 Å². The number of carboxylic acid groups (broad SMARTS) is 1. The van der Waals surface area contributed by atoms with Crippen LogP contribution in [0.1, 0.15) is 30.6 Å². The number of amides is 2. The van der Waals surface area contributed by atoms with Crippen LogP contribution in [-0.2, 0) is 19.1 Å². The van der Waals surface area contributed by atoms with Gasteiger partial charge in [0.2, 0.25) is 5.91 Å². The summed E-state index contributed by atoms with van der Waals surface area (Å²) in [5.41, 5.74) is 0.713. The lowest BCUT2D eigenvalue weighted by atomic mass is 10.1. The van der Waals surface area contributed by atoms with Crippen molar-refractivity contribution in [3.63, 3.8) is 0 Å². The van der Waals surface area contributed by atoms with Gasteiger partial charge >= 0.3 is 11.9 Å². The molecule has 0 fully saturated rings. The van der Waals surface area contributed by atoms with Gasteiger partial charge < -0.3 is 20.5 Å². The lowest BCUT2D eigenvalue weighted by molar-refractivity contribution is -0.149. The van der Waals surface area contributed by atoms with E-state index in [4.69, 9.17) is 5.11 Å². The van der Waals surface area contributed by atoms with Gasteiger partial charge in [-0.2, -0.15) is 0 Å². The van der Waals surface area contributed by atoms with Gasteiger partial charge in [-0.25, -0.2) is 4.79 Å². The molecule has 0 aliphatic heterocycles. The molecule has 2 amide bonds. The molecule has 0 heterocycles. The number of hydrogen-bond acceptors (Lipinski definition) is 5. The van der Waals surface area contributed by atoms with Crippen LogP contribution in [-0.4, -0.2) is 41.5 Å². The summed E-state index contributed by atoms with van der Waals surface area (Å²) in [6.07, 6.45) is -0.459. The molecular formula is C15H18N2O6. The van der Waals surface area contributed by atoms with E-state index in [0.29, 0.717) is 5.69 Å². The average Bonchev–Trinajstić information content (AvgIpc) is 2.46. The van der Waals surface area contributed by atoms with Gasteiger partial charge in [-0.3, -0.25) is 14.4 Å². The zero-order chi connectivity index (χ0) is 17.4. The first kappa shape index (κ1) is 18.1. The summed E-state index contributed by atoms with van der Waals surface area (Å²) >= 11 is 0. The molecule has 0 saturated carbocycles. The van der Waals surface area contributed by atoms with Crippen molar-refractivity contribution in [3.05, 3.63) is 29.8 Å². The molecule has 1 atom stereocenters. The molecule has 0 aliphatic carbocycles. The highest BCUT2D eigenvalue weighted by molar-refractivity contribution is 5.98. The van der Waals surface area contributed by atoms with Crippen LogP contribution >= 0.6 is 0 Å². The number of ether oxygens (including phenoxy) is 1. The SMILES string of the molecule is CCOC(=O)C[C@H](NC(=O)c1ccc(NC(C)=O)cc1)C(=O)O. The van der Waals surface area contributed by atoms with Crippen molar-refractivity contribution in [1.29, 1.82) is 0 Å². The maximum Gasteiger partial charge on any atom is 0.326 e. The maximum atomic E-state index is 12.0. The fourth-order valence-corrected chi connectivity index (χ4v) is 1.74. The van der Waals surface area contributed by atoms with E-state index < -0.39 is 30.3 Å². The number of nitrogens with one attached hydrogen (secondary N) is 2. The molecule has 124 valence electrons. The van der Waals surface area contributed by atoms with Crippen LogP contribution in [0.15, 0.2) is 24.3 Å². The Balaban J connectivity index is 2.73. The molecule has 23 heavy (non-hydrogen) atoms. The van der Waals surface area contributed by atoms with Crippen molar-refractivity contribution in [3.8, 4) is 0 Å². The van der Waals surface area contributed by atoms with Gasteiger partial charge in [0.25, 0.3) is 5.91 Å². The summed E-state index contributed by atoms with van der Waals surface area (Å²) in [4.78, 5) is 45.4. The van der Waals surface area contributed by atoms with Crippen LogP contribution in [0.25, 0.3) is 0 Å². The molecule has 0 unspecified atom stereocenters. The summed E-state index contributed by atoms with van der Waals surface area (Å²) in [6, 6.07) is 4.51. The van der Waals surface area contributed by atoms with E-state index >= 15 is 0 Å². The minimum Gasteiger partial charge on any atom is -0.480 e. The third-order valence-corrected chi connectivity index (χ3v) is 2.75. The van der Waals surface area contributed by atoms with Crippen molar-refractivity contribution < 1.29 is 29.0 Å². The Kier molecular flexibility index (Phi) is 6.72. The standard InChI is InChI=1S/C15H18N2O6/c1-3-23-13(19)8-12(15(21)22)17-14(20)10-4-6-11(7-5-10)16-9(2)18/h4-7,12H,3,8H2,1-2H3,(H,16,18)(H,17,20)(H,21,22)/t12-/m0/s1. The second-order valence-corrected chi connectivity index (χ2v) is 4.63. The van der Waals surface area contributed by atoms with Gasteiger partial charge in [-0.05, 0) is 31.2 Å². The molecule has 0 bridgehead atoms. The number of rotatable bonds is 7. The molecule has 8 heteroatoms. The van der Waals surface area contributed by atoms with Crippen LogP contribution in [0, 0.1) is 0 Å². The summed E-state index contributed by atoms with van der Waals surface area (Å²) in [6.45, 7) is 3.08. The summed E-state index contributed by atoms with van der Waals surface area (Å²) in [5.74, 6) is -2.93. The third-order valence-electron chi connectivity index (χ3n) is 2.75. The molecule has 0 saturated heterocycles. The van der Waals surface area contributed by atoms with Crippen molar-refractivity contribution >= 4 is 29.4 Å². The van der Waals surface area contributed by atoms with Crippen LogP contribution in [0.2, 0.25) is 0 Å². The Morgan fingerprint density at radius 1 is 1.17 bits per heavy atom. The van der Waals surface area contributed by atoms with Gasteiger partial charge in [-0.15, -0.1) is 0 Å². The van der Waals surface area contributed by atoms with Crippen molar-refractivity contribution in [1.82, 2.24) is 5.32 Å². The Hall–Kier alpha value is -2.90. The summed E-state index contributed by atoms with van der Waals surface area (Å²) in [7, 11) is 0. The van der Waals surface area contributed by atoms with Crippen LogP contribution in [0.4, 0.5) is 5.69 Å². The van der Waals surface area contributed by atoms with Crippen LogP contribution < -0.4 is 10.6 Å². The Morgan fingerprint density at radius 3 is 2.26 bits per heavy atom. The van der Waals surface area contributed by atoms with E-state index in [1.807, 2.05) is 0 Å². The highest BCUT2D eigenvalue weighted by Gasteiger charge is 2.24. The topological polar surface area (TPSA) is 122 Å². The second-order valence-electron chi connectivity index (χ2n) is 4.63. The predicted molar refractivity (Wildman–Crippen MR) is 80.9 cm³/mol. The molecule has 0 aliphatic rings. The van der Waals surface area contributed by atoms with E-state index in [1.165, 1.54) is 31.2 Å².